The van der Waals surface area contributed by atoms with Gasteiger partial charge in [0.2, 0.25) is 11.8 Å². The minimum atomic E-state index is 0.0279. The molecule has 0 bridgehead atoms. The summed E-state index contributed by atoms with van der Waals surface area (Å²) in [5.41, 5.74) is 3.78. The quantitative estimate of drug-likeness (QED) is 0.549. The second kappa shape index (κ2) is 9.79. The number of oxazole rings is 1. The van der Waals surface area contributed by atoms with Gasteiger partial charge in [0.1, 0.15) is 6.26 Å². The molecular weight excluding hydrogens is 390 g/mol. The monoisotopic (exact) mass is 419 g/mol. The summed E-state index contributed by atoms with van der Waals surface area (Å²) in [6.07, 6.45) is 3.93. The zero-order valence-corrected chi connectivity index (χ0v) is 18.2. The number of anilines is 1. The van der Waals surface area contributed by atoms with E-state index in [0.717, 1.165) is 36.3 Å². The van der Waals surface area contributed by atoms with Crippen molar-refractivity contribution in [1.29, 1.82) is 0 Å². The number of ether oxygens (including phenoxy) is 1. The summed E-state index contributed by atoms with van der Waals surface area (Å²) in [5, 5.41) is 0. The molecule has 1 aliphatic rings. The fourth-order valence-electron chi connectivity index (χ4n) is 3.78. The molecule has 0 aliphatic carbocycles. The summed E-state index contributed by atoms with van der Waals surface area (Å²) in [4.78, 5) is 21.7. The van der Waals surface area contributed by atoms with Crippen LogP contribution in [-0.4, -0.2) is 49.1 Å². The van der Waals surface area contributed by atoms with E-state index in [4.69, 9.17) is 9.15 Å². The van der Waals surface area contributed by atoms with Crippen LogP contribution in [-0.2, 0) is 22.5 Å². The predicted molar refractivity (Wildman–Crippen MR) is 121 cm³/mol. The number of carbonyl (C=O) groups is 1. The summed E-state index contributed by atoms with van der Waals surface area (Å²) in [5.74, 6) is 0.563. The first-order valence-corrected chi connectivity index (χ1v) is 10.7. The van der Waals surface area contributed by atoms with E-state index in [1.165, 1.54) is 0 Å². The fraction of sp³-hybridized carbons (Fsp3) is 0.360. The highest BCUT2D eigenvalue weighted by Crippen LogP contribution is 2.20. The molecule has 0 spiro atoms. The number of benzene rings is 2. The van der Waals surface area contributed by atoms with Crippen molar-refractivity contribution in [3.8, 4) is 11.5 Å². The summed E-state index contributed by atoms with van der Waals surface area (Å²) < 4.78 is 11.4. The second-order valence-corrected chi connectivity index (χ2v) is 8.16. The van der Waals surface area contributed by atoms with Crippen LogP contribution in [0.15, 0.2) is 65.3 Å². The standard InChI is InChI=1S/C25H29N3O3/c1-27(2)22-12-10-19(11-13-22)16-28(17-23-9-6-14-30-23)24(29)15-21-18-31-25(26-21)20-7-4-3-5-8-20/h3-5,7-8,10-13,18,23H,6,9,14-17H2,1-2H3. The Kier molecular flexibility index (Phi) is 6.67. The van der Waals surface area contributed by atoms with Crippen LogP contribution in [0.4, 0.5) is 5.69 Å². The van der Waals surface area contributed by atoms with Gasteiger partial charge in [-0.2, -0.15) is 0 Å². The molecule has 6 heteroatoms. The van der Waals surface area contributed by atoms with Crippen LogP contribution in [0.5, 0.6) is 0 Å². The van der Waals surface area contributed by atoms with E-state index in [0.29, 0.717) is 24.7 Å². The number of carbonyl (C=O) groups excluding carboxylic acids is 1. The maximum Gasteiger partial charge on any atom is 0.229 e. The number of hydrogen-bond acceptors (Lipinski definition) is 5. The van der Waals surface area contributed by atoms with Crippen LogP contribution in [0.1, 0.15) is 24.1 Å². The largest absolute Gasteiger partial charge is 0.444 e. The van der Waals surface area contributed by atoms with Gasteiger partial charge in [-0.05, 0) is 42.7 Å². The highest BCUT2D eigenvalue weighted by Gasteiger charge is 2.24. The van der Waals surface area contributed by atoms with E-state index in [1.807, 2.05) is 49.3 Å². The molecule has 1 unspecified atom stereocenters. The molecule has 6 nitrogen and oxygen atoms in total. The van der Waals surface area contributed by atoms with E-state index >= 15 is 0 Å². The van der Waals surface area contributed by atoms with Gasteiger partial charge in [-0.25, -0.2) is 4.98 Å². The lowest BCUT2D eigenvalue weighted by Gasteiger charge is -2.26. The topological polar surface area (TPSA) is 58.8 Å². The zero-order chi connectivity index (χ0) is 21.6. The maximum atomic E-state index is 13.2. The van der Waals surface area contributed by atoms with Gasteiger partial charge in [0.05, 0.1) is 18.2 Å². The lowest BCUT2D eigenvalue weighted by molar-refractivity contribution is -0.132. The Morgan fingerprint density at radius 3 is 2.55 bits per heavy atom. The molecule has 1 saturated heterocycles. The van der Waals surface area contributed by atoms with Crippen molar-refractivity contribution in [1.82, 2.24) is 9.88 Å². The molecule has 2 heterocycles. The first-order valence-electron chi connectivity index (χ1n) is 10.7. The van der Waals surface area contributed by atoms with E-state index in [-0.39, 0.29) is 18.4 Å². The first kappa shape index (κ1) is 21.1. The minimum absolute atomic E-state index is 0.0279. The minimum Gasteiger partial charge on any atom is -0.444 e. The third kappa shape index (κ3) is 5.52. The van der Waals surface area contributed by atoms with Gasteiger partial charge in [-0.1, -0.05) is 30.3 Å². The second-order valence-electron chi connectivity index (χ2n) is 8.16. The van der Waals surface area contributed by atoms with Crippen LogP contribution in [0.3, 0.4) is 0 Å². The average Bonchev–Trinajstić information content (AvgIpc) is 3.46. The smallest absolute Gasteiger partial charge is 0.229 e. The van der Waals surface area contributed by atoms with Crippen LogP contribution < -0.4 is 4.90 Å². The van der Waals surface area contributed by atoms with Gasteiger partial charge in [-0.15, -0.1) is 0 Å². The molecule has 0 radical (unpaired) electrons. The highest BCUT2D eigenvalue weighted by atomic mass is 16.5. The Morgan fingerprint density at radius 1 is 1.10 bits per heavy atom. The molecule has 1 fully saturated rings. The molecule has 4 rings (SSSR count). The van der Waals surface area contributed by atoms with Gasteiger partial charge >= 0.3 is 0 Å². The molecule has 0 saturated carbocycles. The van der Waals surface area contributed by atoms with Gasteiger partial charge < -0.3 is 19.0 Å². The molecule has 1 amide bonds. The molecule has 162 valence electrons. The summed E-state index contributed by atoms with van der Waals surface area (Å²) >= 11 is 0. The SMILES string of the molecule is CN(C)c1ccc(CN(CC2CCCO2)C(=O)Cc2coc(-c3ccccc3)n2)cc1. The summed E-state index contributed by atoms with van der Waals surface area (Å²) in [7, 11) is 4.04. The average molecular weight is 420 g/mol. The van der Waals surface area contributed by atoms with Crippen molar-refractivity contribution in [2.75, 3.05) is 32.1 Å². The highest BCUT2D eigenvalue weighted by molar-refractivity contribution is 5.78. The summed E-state index contributed by atoms with van der Waals surface area (Å²) in [6, 6.07) is 18.0. The van der Waals surface area contributed by atoms with Crippen molar-refractivity contribution < 1.29 is 13.9 Å². The molecule has 1 aromatic heterocycles. The first-order chi connectivity index (χ1) is 15.1. The lowest BCUT2D eigenvalue weighted by atomic mass is 10.1. The predicted octanol–water partition coefficient (Wildman–Crippen LogP) is 4.16. The summed E-state index contributed by atoms with van der Waals surface area (Å²) in [6.45, 7) is 1.92. The Labute approximate surface area is 183 Å². The molecule has 0 N–H and O–H groups in total. The van der Waals surface area contributed by atoms with Crippen LogP contribution in [0, 0.1) is 0 Å². The van der Waals surface area contributed by atoms with Crippen molar-refractivity contribution in [3.63, 3.8) is 0 Å². The normalized spacial score (nSPS) is 15.7. The van der Waals surface area contributed by atoms with Gasteiger partial charge in [0, 0.05) is 45.0 Å². The molecule has 3 aromatic rings. The fourth-order valence-corrected chi connectivity index (χ4v) is 3.78. The number of amides is 1. The number of aromatic nitrogens is 1. The molecule has 2 aromatic carbocycles. The van der Waals surface area contributed by atoms with Crippen LogP contribution in [0.2, 0.25) is 0 Å². The van der Waals surface area contributed by atoms with Gasteiger partial charge in [-0.3, -0.25) is 4.79 Å². The molecule has 1 aliphatic heterocycles. The van der Waals surface area contributed by atoms with Crippen molar-refractivity contribution in [2.24, 2.45) is 0 Å². The Bertz CT molecular complexity index is 977. The van der Waals surface area contributed by atoms with Crippen molar-refractivity contribution >= 4 is 11.6 Å². The van der Waals surface area contributed by atoms with Gasteiger partial charge in [0.15, 0.2) is 0 Å². The molecule has 31 heavy (non-hydrogen) atoms. The third-order valence-corrected chi connectivity index (χ3v) is 5.53. The zero-order valence-electron chi connectivity index (χ0n) is 18.2. The van der Waals surface area contributed by atoms with E-state index in [9.17, 15) is 4.79 Å². The number of nitrogens with zero attached hydrogens (tertiary/aromatic N) is 3. The Hall–Kier alpha value is -3.12. The van der Waals surface area contributed by atoms with E-state index in [2.05, 4.69) is 34.1 Å². The Balaban J connectivity index is 1.46. The third-order valence-electron chi connectivity index (χ3n) is 5.53. The Morgan fingerprint density at radius 2 is 1.87 bits per heavy atom. The van der Waals surface area contributed by atoms with Gasteiger partial charge in [0.25, 0.3) is 0 Å². The molecular formula is C25H29N3O3. The molecule has 1 atom stereocenters. The van der Waals surface area contributed by atoms with Crippen molar-refractivity contribution in [3.05, 3.63) is 72.1 Å². The van der Waals surface area contributed by atoms with Crippen LogP contribution in [0.25, 0.3) is 11.5 Å². The maximum absolute atomic E-state index is 13.2. The lowest BCUT2D eigenvalue weighted by Crippen LogP contribution is -2.37. The van der Waals surface area contributed by atoms with E-state index < -0.39 is 0 Å². The number of rotatable bonds is 8. The van der Waals surface area contributed by atoms with E-state index in [1.54, 1.807) is 6.26 Å². The van der Waals surface area contributed by atoms with Crippen LogP contribution >= 0.6 is 0 Å². The number of hydrogen-bond donors (Lipinski definition) is 0. The van der Waals surface area contributed by atoms with Crippen molar-refractivity contribution in [2.45, 2.75) is 31.9 Å².